The van der Waals surface area contributed by atoms with Gasteiger partial charge in [0.2, 0.25) is 0 Å². The van der Waals surface area contributed by atoms with Crippen LogP contribution in [0.5, 0.6) is 0 Å². The van der Waals surface area contributed by atoms with Crippen molar-refractivity contribution in [2.45, 2.75) is 33.1 Å². The maximum Gasteiger partial charge on any atom is 0.341 e. The Morgan fingerprint density at radius 2 is 1.65 bits per heavy atom. The molecule has 0 spiro atoms. The SMILES string of the molecule is Cc1nc(-c2ccc(C(C)(C)C)cc2)nc(N(C)C)c1C(=O)O. The first-order valence-electron chi connectivity index (χ1n) is 7.51. The van der Waals surface area contributed by atoms with E-state index in [-0.39, 0.29) is 11.0 Å². The number of hydrogen-bond acceptors (Lipinski definition) is 4. The lowest BCUT2D eigenvalue weighted by molar-refractivity contribution is 0.0696. The van der Waals surface area contributed by atoms with Crippen molar-refractivity contribution in [2.24, 2.45) is 0 Å². The summed E-state index contributed by atoms with van der Waals surface area (Å²) < 4.78 is 0. The van der Waals surface area contributed by atoms with Gasteiger partial charge in [0.05, 0.1) is 5.69 Å². The number of carbonyl (C=O) groups is 1. The molecule has 0 unspecified atom stereocenters. The van der Waals surface area contributed by atoms with E-state index in [1.165, 1.54) is 5.56 Å². The fourth-order valence-electron chi connectivity index (χ4n) is 2.38. The quantitative estimate of drug-likeness (QED) is 0.939. The molecule has 0 radical (unpaired) electrons. The summed E-state index contributed by atoms with van der Waals surface area (Å²) in [6, 6.07) is 8.09. The summed E-state index contributed by atoms with van der Waals surface area (Å²) in [4.78, 5) is 22.0. The van der Waals surface area contributed by atoms with Crippen LogP contribution in [0.3, 0.4) is 0 Å². The van der Waals surface area contributed by atoms with Gasteiger partial charge in [-0.3, -0.25) is 0 Å². The van der Waals surface area contributed by atoms with Gasteiger partial charge in [-0.15, -0.1) is 0 Å². The zero-order valence-electron chi connectivity index (χ0n) is 14.5. The van der Waals surface area contributed by atoms with Crippen LogP contribution < -0.4 is 4.90 Å². The zero-order valence-corrected chi connectivity index (χ0v) is 14.5. The molecule has 1 N–H and O–H groups in total. The molecule has 0 atom stereocenters. The summed E-state index contributed by atoms with van der Waals surface area (Å²) in [6.45, 7) is 8.18. The van der Waals surface area contributed by atoms with Gasteiger partial charge in [-0.25, -0.2) is 14.8 Å². The molecule has 5 heteroatoms. The Morgan fingerprint density at radius 1 is 1.09 bits per heavy atom. The normalized spacial score (nSPS) is 11.4. The molecule has 0 saturated carbocycles. The molecule has 2 aromatic rings. The third-order valence-electron chi connectivity index (χ3n) is 3.72. The molecule has 122 valence electrons. The van der Waals surface area contributed by atoms with Crippen molar-refractivity contribution in [3.63, 3.8) is 0 Å². The van der Waals surface area contributed by atoms with E-state index in [1.54, 1.807) is 25.9 Å². The van der Waals surface area contributed by atoms with Crippen molar-refractivity contribution >= 4 is 11.8 Å². The standard InChI is InChI=1S/C18H23N3O2/c1-11-14(17(22)23)16(21(5)6)20-15(19-11)12-7-9-13(10-8-12)18(2,3)4/h7-10H,1-6H3,(H,22,23). The fourth-order valence-corrected chi connectivity index (χ4v) is 2.38. The summed E-state index contributed by atoms with van der Waals surface area (Å²) in [5.74, 6) is -0.0580. The largest absolute Gasteiger partial charge is 0.477 e. The van der Waals surface area contributed by atoms with E-state index in [2.05, 4.69) is 42.9 Å². The molecular formula is C18H23N3O2. The number of carboxylic acid groups (broad SMARTS) is 1. The van der Waals surface area contributed by atoms with Crippen LogP contribution in [0.15, 0.2) is 24.3 Å². The molecule has 0 saturated heterocycles. The van der Waals surface area contributed by atoms with Crippen LogP contribution in [-0.2, 0) is 5.41 Å². The van der Waals surface area contributed by atoms with Crippen LogP contribution in [0.1, 0.15) is 42.4 Å². The minimum atomic E-state index is -1.01. The summed E-state index contributed by atoms with van der Waals surface area (Å²) in [6.07, 6.45) is 0. The zero-order chi connectivity index (χ0) is 17.4. The topological polar surface area (TPSA) is 66.3 Å². The van der Waals surface area contributed by atoms with E-state index in [0.717, 1.165) is 5.56 Å². The second-order valence-corrected chi connectivity index (χ2v) is 6.86. The number of anilines is 1. The van der Waals surface area contributed by atoms with Crippen molar-refractivity contribution in [3.05, 3.63) is 41.1 Å². The van der Waals surface area contributed by atoms with E-state index >= 15 is 0 Å². The van der Waals surface area contributed by atoms with Crippen LogP contribution >= 0.6 is 0 Å². The van der Waals surface area contributed by atoms with Crippen LogP contribution in [0.2, 0.25) is 0 Å². The number of benzene rings is 1. The van der Waals surface area contributed by atoms with Crippen molar-refractivity contribution in [1.82, 2.24) is 9.97 Å². The van der Waals surface area contributed by atoms with Crippen LogP contribution in [0.25, 0.3) is 11.4 Å². The summed E-state index contributed by atoms with van der Waals surface area (Å²) in [5.41, 5.74) is 2.79. The van der Waals surface area contributed by atoms with Gasteiger partial charge in [-0.2, -0.15) is 0 Å². The molecule has 0 aliphatic rings. The predicted molar refractivity (Wildman–Crippen MR) is 92.2 cm³/mol. The maximum atomic E-state index is 11.4. The highest BCUT2D eigenvalue weighted by Gasteiger charge is 2.20. The molecular weight excluding hydrogens is 290 g/mol. The monoisotopic (exact) mass is 313 g/mol. The molecule has 0 bridgehead atoms. The molecule has 0 fully saturated rings. The average Bonchev–Trinajstić information content (AvgIpc) is 2.45. The van der Waals surface area contributed by atoms with Gasteiger partial charge in [-0.05, 0) is 17.9 Å². The molecule has 1 aromatic heterocycles. The lowest BCUT2D eigenvalue weighted by Gasteiger charge is -2.19. The van der Waals surface area contributed by atoms with E-state index in [4.69, 9.17) is 0 Å². The van der Waals surface area contributed by atoms with Crippen molar-refractivity contribution in [3.8, 4) is 11.4 Å². The molecule has 0 aliphatic carbocycles. The van der Waals surface area contributed by atoms with Crippen LogP contribution in [-0.4, -0.2) is 35.1 Å². The van der Waals surface area contributed by atoms with E-state index in [0.29, 0.717) is 17.3 Å². The van der Waals surface area contributed by atoms with E-state index < -0.39 is 5.97 Å². The second-order valence-electron chi connectivity index (χ2n) is 6.86. The summed E-state index contributed by atoms with van der Waals surface area (Å²) in [5, 5.41) is 9.38. The van der Waals surface area contributed by atoms with Crippen molar-refractivity contribution in [2.75, 3.05) is 19.0 Å². The Kier molecular flexibility index (Phi) is 4.41. The number of aromatic carboxylic acids is 1. The highest BCUT2D eigenvalue weighted by molar-refractivity contribution is 5.94. The molecule has 0 aliphatic heterocycles. The Bertz CT molecular complexity index is 729. The van der Waals surface area contributed by atoms with Crippen LogP contribution in [0, 0.1) is 6.92 Å². The van der Waals surface area contributed by atoms with Gasteiger partial charge in [0.25, 0.3) is 0 Å². The first-order valence-corrected chi connectivity index (χ1v) is 7.51. The molecule has 5 nitrogen and oxygen atoms in total. The number of aryl methyl sites for hydroxylation is 1. The number of carboxylic acids is 1. The van der Waals surface area contributed by atoms with Gasteiger partial charge < -0.3 is 10.0 Å². The Morgan fingerprint density at radius 3 is 2.09 bits per heavy atom. The summed E-state index contributed by atoms with van der Waals surface area (Å²) >= 11 is 0. The average molecular weight is 313 g/mol. The lowest BCUT2D eigenvalue weighted by Crippen LogP contribution is -2.18. The van der Waals surface area contributed by atoms with Crippen molar-refractivity contribution < 1.29 is 9.90 Å². The molecule has 2 rings (SSSR count). The minimum Gasteiger partial charge on any atom is -0.477 e. The highest BCUT2D eigenvalue weighted by atomic mass is 16.4. The van der Waals surface area contributed by atoms with Gasteiger partial charge in [0.15, 0.2) is 5.82 Å². The predicted octanol–water partition coefficient (Wildman–Crippen LogP) is 3.51. The molecule has 0 amide bonds. The number of rotatable bonds is 3. The van der Waals surface area contributed by atoms with E-state index in [1.807, 2.05) is 12.1 Å². The first kappa shape index (κ1) is 16.9. The summed E-state index contributed by atoms with van der Waals surface area (Å²) in [7, 11) is 3.56. The Hall–Kier alpha value is -2.43. The third-order valence-corrected chi connectivity index (χ3v) is 3.72. The minimum absolute atomic E-state index is 0.0806. The van der Waals surface area contributed by atoms with Gasteiger partial charge in [0.1, 0.15) is 11.4 Å². The third kappa shape index (κ3) is 3.50. The van der Waals surface area contributed by atoms with Crippen molar-refractivity contribution in [1.29, 1.82) is 0 Å². The Labute approximate surface area is 137 Å². The fraction of sp³-hybridized carbons (Fsp3) is 0.389. The molecule has 23 heavy (non-hydrogen) atoms. The van der Waals surface area contributed by atoms with E-state index in [9.17, 15) is 9.90 Å². The number of hydrogen-bond donors (Lipinski definition) is 1. The van der Waals surface area contributed by atoms with Gasteiger partial charge in [0, 0.05) is 19.7 Å². The number of nitrogens with zero attached hydrogens (tertiary/aromatic N) is 3. The maximum absolute atomic E-state index is 11.4. The lowest BCUT2D eigenvalue weighted by atomic mass is 9.86. The first-order chi connectivity index (χ1) is 10.6. The molecule has 1 aromatic carbocycles. The highest BCUT2D eigenvalue weighted by Crippen LogP contribution is 2.27. The number of aromatic nitrogens is 2. The Balaban J connectivity index is 2.54. The van der Waals surface area contributed by atoms with Gasteiger partial charge >= 0.3 is 5.97 Å². The smallest absolute Gasteiger partial charge is 0.341 e. The molecule has 1 heterocycles. The van der Waals surface area contributed by atoms with Gasteiger partial charge in [-0.1, -0.05) is 45.0 Å². The van der Waals surface area contributed by atoms with Crippen LogP contribution in [0.4, 0.5) is 5.82 Å². The second kappa shape index (κ2) is 5.99.